The van der Waals surface area contributed by atoms with Crippen LogP contribution in [0, 0.1) is 0 Å². The quantitative estimate of drug-likeness (QED) is 0.121. The number of H-pyrrole nitrogens is 1. The summed E-state index contributed by atoms with van der Waals surface area (Å²) in [6.45, 7) is 0.123. The maximum absolute atomic E-state index is 12.8. The average Bonchev–Trinajstić information content (AvgIpc) is 3.78. The molecule has 1 unspecified atom stereocenters. The van der Waals surface area contributed by atoms with Gasteiger partial charge in [-0.05, 0) is 73.6 Å². The Bertz CT molecular complexity index is 2110. The first-order valence-corrected chi connectivity index (χ1v) is 14.8. The summed E-state index contributed by atoms with van der Waals surface area (Å²) < 4.78 is 77.5. The molecule has 0 bridgehead atoms. The minimum absolute atomic E-state index is 0.0374. The molecule has 2 heterocycles. The number of fused-ring (bicyclic) bond motifs is 1. The number of ether oxygens (including phenoxy) is 4. The van der Waals surface area contributed by atoms with Gasteiger partial charge in [-0.15, -0.1) is 10.2 Å². The van der Waals surface area contributed by atoms with Crippen molar-refractivity contribution in [3.63, 3.8) is 0 Å². The van der Waals surface area contributed by atoms with Gasteiger partial charge in [0.05, 0.1) is 21.3 Å². The molecule has 1 aliphatic rings. The molecule has 1 atom stereocenters. The fourth-order valence-electron chi connectivity index (χ4n) is 5.33. The van der Waals surface area contributed by atoms with Crippen LogP contribution in [0.15, 0.2) is 60.6 Å². The van der Waals surface area contributed by atoms with Gasteiger partial charge in [0.25, 0.3) is 6.01 Å². The van der Waals surface area contributed by atoms with Crippen molar-refractivity contribution in [2.75, 3.05) is 6.61 Å². The second kappa shape index (κ2) is 13.7. The standard InChI is InChI=1S/C33H34N6O7/c1-3-43-31-34-28-24(20(2)44-33(42)45-23-9-5-4-6-10-23)17-18-27(46-32(40)41)29(28)39(31)19-21-13-15-22(16-14-21)25-11-7-8-12-26(25)30-35-37-38-36-30/h7-8,11-18,20,23H,3-6,9-10,19H2,1-2H3,(H,40,41)(H,35,36,37,38)/i13D,14D,15D,16D,19D2. The van der Waals surface area contributed by atoms with E-state index in [0.29, 0.717) is 18.4 Å². The summed E-state index contributed by atoms with van der Waals surface area (Å²) in [5.74, 6) is -0.244. The van der Waals surface area contributed by atoms with Crippen molar-refractivity contribution in [1.82, 2.24) is 30.2 Å². The van der Waals surface area contributed by atoms with E-state index in [4.69, 9.17) is 24.4 Å². The highest BCUT2D eigenvalue weighted by atomic mass is 16.7. The lowest BCUT2D eigenvalue weighted by atomic mass is 9.98. The summed E-state index contributed by atoms with van der Waals surface area (Å²) >= 11 is 0. The van der Waals surface area contributed by atoms with E-state index in [2.05, 4.69) is 25.6 Å². The maximum Gasteiger partial charge on any atom is 0.511 e. The van der Waals surface area contributed by atoms with Crippen LogP contribution in [-0.2, 0) is 16.0 Å². The summed E-state index contributed by atoms with van der Waals surface area (Å²) in [5, 5.41) is 23.5. The number of benzene rings is 3. The van der Waals surface area contributed by atoms with Crippen LogP contribution < -0.4 is 9.47 Å². The number of nitrogens with one attached hydrogen (secondary N) is 1. The van der Waals surface area contributed by atoms with E-state index in [9.17, 15) is 17.4 Å². The third kappa shape index (κ3) is 6.63. The van der Waals surface area contributed by atoms with Crippen LogP contribution in [0.1, 0.15) is 71.4 Å². The second-order valence-electron chi connectivity index (χ2n) is 10.4. The molecule has 1 aliphatic carbocycles. The van der Waals surface area contributed by atoms with Crippen LogP contribution >= 0.6 is 0 Å². The molecule has 2 aromatic heterocycles. The fraction of sp³-hybridized carbons (Fsp3) is 0.333. The topological polar surface area (TPSA) is 164 Å². The van der Waals surface area contributed by atoms with Gasteiger partial charge in [-0.25, -0.2) is 9.59 Å². The SMILES string of the molecule is [2H]c1c([2H])c(C([2H])([2H])n2c(OCC)nc3c(C(C)OC(=O)OC4CCCCC4)ccc(OC(=O)O)c32)c([2H])c([2H])c1-c1ccccc1-c1nn[nH]n1. The van der Waals surface area contributed by atoms with Gasteiger partial charge in [-0.3, -0.25) is 4.57 Å². The lowest BCUT2D eigenvalue weighted by Gasteiger charge is -2.22. The second-order valence-corrected chi connectivity index (χ2v) is 10.4. The van der Waals surface area contributed by atoms with Gasteiger partial charge in [0, 0.05) is 11.1 Å². The third-order valence-electron chi connectivity index (χ3n) is 7.40. The molecule has 6 rings (SSSR count). The number of nitrogens with zero attached hydrogens (tertiary/aromatic N) is 5. The molecule has 3 aromatic carbocycles. The molecule has 0 spiro atoms. The molecular weight excluding hydrogens is 592 g/mol. The first kappa shape index (κ1) is 23.9. The van der Waals surface area contributed by atoms with E-state index >= 15 is 0 Å². The van der Waals surface area contributed by atoms with Crippen LogP contribution in [-0.4, -0.2) is 60.3 Å². The van der Waals surface area contributed by atoms with E-state index in [1.165, 1.54) is 19.1 Å². The monoisotopic (exact) mass is 632 g/mol. The molecule has 0 saturated heterocycles. The summed E-state index contributed by atoms with van der Waals surface area (Å²) in [7, 11) is 0. The Morgan fingerprint density at radius 3 is 2.57 bits per heavy atom. The van der Waals surface area contributed by atoms with Gasteiger partial charge >= 0.3 is 12.3 Å². The molecule has 1 fully saturated rings. The lowest BCUT2D eigenvalue weighted by molar-refractivity contribution is -0.00724. The summed E-state index contributed by atoms with van der Waals surface area (Å²) in [4.78, 5) is 29.1. The molecule has 0 amide bonds. The zero-order valence-electron chi connectivity index (χ0n) is 31.0. The zero-order chi connectivity index (χ0) is 37.3. The number of carboxylic acid groups (broad SMARTS) is 1. The normalized spacial score (nSPS) is 16.3. The zero-order valence-corrected chi connectivity index (χ0v) is 25.0. The Morgan fingerprint density at radius 2 is 1.87 bits per heavy atom. The van der Waals surface area contributed by atoms with Crippen molar-refractivity contribution >= 4 is 23.3 Å². The predicted molar refractivity (Wildman–Crippen MR) is 167 cm³/mol. The van der Waals surface area contributed by atoms with Gasteiger partial charge in [0.15, 0.2) is 5.75 Å². The van der Waals surface area contributed by atoms with E-state index in [1.54, 1.807) is 31.2 Å². The first-order chi connectivity index (χ1) is 24.8. The number of carbonyl (C=O) groups is 2. The van der Waals surface area contributed by atoms with Crippen LogP contribution in [0.3, 0.4) is 0 Å². The Balaban J connectivity index is 1.51. The minimum Gasteiger partial charge on any atom is -0.465 e. The van der Waals surface area contributed by atoms with Crippen molar-refractivity contribution in [1.29, 1.82) is 0 Å². The molecule has 5 aromatic rings. The van der Waals surface area contributed by atoms with Gasteiger partial charge in [0.1, 0.15) is 23.2 Å². The number of imidazole rings is 1. The van der Waals surface area contributed by atoms with Gasteiger partial charge < -0.3 is 24.1 Å². The Morgan fingerprint density at radius 1 is 1.11 bits per heavy atom. The molecule has 1 saturated carbocycles. The van der Waals surface area contributed by atoms with Gasteiger partial charge in [-0.1, -0.05) is 54.9 Å². The van der Waals surface area contributed by atoms with E-state index in [0.717, 1.165) is 23.8 Å². The fourth-order valence-corrected chi connectivity index (χ4v) is 5.33. The smallest absolute Gasteiger partial charge is 0.465 e. The number of carbonyl (C=O) groups excluding carboxylic acids is 1. The predicted octanol–water partition coefficient (Wildman–Crippen LogP) is 6.93. The van der Waals surface area contributed by atoms with Crippen molar-refractivity contribution in [3.8, 4) is 34.3 Å². The molecule has 2 N–H and O–H groups in total. The highest BCUT2D eigenvalue weighted by molar-refractivity contribution is 5.88. The van der Waals surface area contributed by atoms with Crippen LogP contribution in [0.4, 0.5) is 9.59 Å². The van der Waals surface area contributed by atoms with Crippen molar-refractivity contribution in [3.05, 3.63) is 71.7 Å². The summed E-state index contributed by atoms with van der Waals surface area (Å²) in [6, 6.07) is 6.13. The highest BCUT2D eigenvalue weighted by Crippen LogP contribution is 2.37. The third-order valence-corrected chi connectivity index (χ3v) is 7.40. The number of aromatic amines is 1. The van der Waals surface area contributed by atoms with E-state index in [1.807, 2.05) is 0 Å². The molecule has 13 heteroatoms. The summed E-state index contributed by atoms with van der Waals surface area (Å²) in [5.41, 5.74) is -0.355. The van der Waals surface area contributed by atoms with Crippen LogP contribution in [0.2, 0.25) is 0 Å². The lowest BCUT2D eigenvalue weighted by Crippen LogP contribution is -2.22. The Hall–Kier alpha value is -5.46. The molecule has 0 aliphatic heterocycles. The van der Waals surface area contributed by atoms with Crippen molar-refractivity contribution in [2.45, 2.75) is 64.7 Å². The maximum atomic E-state index is 12.8. The number of tetrazole rings is 1. The number of hydrogen-bond acceptors (Lipinski definition) is 10. The van der Waals surface area contributed by atoms with Crippen molar-refractivity contribution < 1.29 is 41.9 Å². The summed E-state index contributed by atoms with van der Waals surface area (Å²) in [6.07, 6.45) is 0.397. The molecular formula is C33H34N6O7. The van der Waals surface area contributed by atoms with E-state index < -0.39 is 60.7 Å². The van der Waals surface area contributed by atoms with Gasteiger partial charge in [-0.2, -0.15) is 10.2 Å². The Kier molecular flexibility index (Phi) is 7.09. The van der Waals surface area contributed by atoms with Crippen LogP contribution in [0.5, 0.6) is 11.8 Å². The minimum atomic E-state index is -2.98. The molecule has 238 valence electrons. The number of aromatic nitrogens is 6. The molecule has 13 nitrogen and oxygen atoms in total. The number of hydrogen-bond donors (Lipinski definition) is 2. The van der Waals surface area contributed by atoms with Gasteiger partial charge in [0.2, 0.25) is 5.82 Å². The number of rotatable bonds is 10. The van der Waals surface area contributed by atoms with Crippen LogP contribution in [0.25, 0.3) is 33.5 Å². The van der Waals surface area contributed by atoms with Crippen molar-refractivity contribution in [2.24, 2.45) is 0 Å². The first-order valence-electron chi connectivity index (χ1n) is 17.8. The van der Waals surface area contributed by atoms with E-state index in [-0.39, 0.29) is 52.0 Å². The Labute approximate surface area is 272 Å². The molecule has 46 heavy (non-hydrogen) atoms. The average molecular weight is 633 g/mol. The highest BCUT2D eigenvalue weighted by Gasteiger charge is 2.26. The largest absolute Gasteiger partial charge is 0.511 e. The molecule has 0 radical (unpaired) electrons.